The number of carbonyl (C=O) groups excluding carboxylic acids is 1. The van der Waals surface area contributed by atoms with E-state index >= 15 is 0 Å². The number of hydrogen-bond acceptors (Lipinski definition) is 7. The maximum atomic E-state index is 11.6. The van der Waals surface area contributed by atoms with Crippen LogP contribution in [0.1, 0.15) is 35.1 Å². The van der Waals surface area contributed by atoms with Crippen molar-refractivity contribution in [3.05, 3.63) is 64.9 Å². The largest absolute Gasteiger partial charge is 0.493 e. The van der Waals surface area contributed by atoms with Crippen LogP contribution in [-0.4, -0.2) is 40.2 Å². The molecule has 9 heteroatoms. The van der Waals surface area contributed by atoms with Crippen molar-refractivity contribution < 1.29 is 19.0 Å². The van der Waals surface area contributed by atoms with Gasteiger partial charge in [0.1, 0.15) is 18.1 Å². The molecule has 1 aromatic heterocycles. The summed E-state index contributed by atoms with van der Waals surface area (Å²) in [5.74, 6) is 2.35. The van der Waals surface area contributed by atoms with Crippen molar-refractivity contribution in [2.24, 2.45) is 0 Å². The number of thioether (sulfide) groups is 1. The van der Waals surface area contributed by atoms with Crippen molar-refractivity contribution in [1.82, 2.24) is 14.8 Å². The van der Waals surface area contributed by atoms with Gasteiger partial charge in [-0.25, -0.2) is 4.79 Å². The highest BCUT2D eigenvalue weighted by Crippen LogP contribution is 2.39. The quantitative estimate of drug-likeness (QED) is 0.245. The Morgan fingerprint density at radius 1 is 1.16 bits per heavy atom. The molecule has 7 nitrogen and oxygen atoms in total. The predicted molar refractivity (Wildman–Crippen MR) is 118 cm³/mol. The number of para-hydroxylation sites is 1. The lowest BCUT2D eigenvalue weighted by molar-refractivity contribution is 0.0600. The molecule has 162 valence electrons. The first-order valence-electron chi connectivity index (χ1n) is 9.91. The molecule has 1 fully saturated rings. The van der Waals surface area contributed by atoms with E-state index in [1.807, 2.05) is 24.3 Å². The van der Waals surface area contributed by atoms with Gasteiger partial charge in [0.2, 0.25) is 0 Å². The van der Waals surface area contributed by atoms with Crippen LogP contribution in [0.2, 0.25) is 5.02 Å². The minimum atomic E-state index is -0.385. The fourth-order valence-corrected chi connectivity index (χ4v) is 4.06. The first-order valence-corrected chi connectivity index (χ1v) is 11.3. The van der Waals surface area contributed by atoms with Crippen LogP contribution in [0.15, 0.2) is 53.7 Å². The Bertz CT molecular complexity index is 1050. The second-order valence-corrected chi connectivity index (χ2v) is 8.40. The van der Waals surface area contributed by atoms with Gasteiger partial charge in [-0.1, -0.05) is 41.6 Å². The molecule has 0 saturated heterocycles. The summed E-state index contributed by atoms with van der Waals surface area (Å²) < 4.78 is 18.5. The molecule has 1 saturated carbocycles. The number of aromatic nitrogens is 3. The maximum Gasteiger partial charge on any atom is 0.337 e. The summed E-state index contributed by atoms with van der Waals surface area (Å²) in [7, 11) is 1.36. The van der Waals surface area contributed by atoms with Crippen LogP contribution >= 0.6 is 23.4 Å². The van der Waals surface area contributed by atoms with Gasteiger partial charge in [0.15, 0.2) is 11.0 Å². The van der Waals surface area contributed by atoms with E-state index in [0.29, 0.717) is 47.1 Å². The Kier molecular flexibility index (Phi) is 6.99. The van der Waals surface area contributed by atoms with Gasteiger partial charge in [-0.2, -0.15) is 0 Å². The van der Waals surface area contributed by atoms with E-state index < -0.39 is 0 Å². The number of ether oxygens (including phenoxy) is 3. The van der Waals surface area contributed by atoms with E-state index in [1.54, 1.807) is 36.0 Å². The first-order chi connectivity index (χ1) is 15.2. The maximum absolute atomic E-state index is 11.6. The van der Waals surface area contributed by atoms with Crippen LogP contribution in [0.5, 0.6) is 11.5 Å². The average molecular weight is 460 g/mol. The molecule has 0 spiro atoms. The third kappa shape index (κ3) is 5.51. The van der Waals surface area contributed by atoms with E-state index in [9.17, 15) is 4.79 Å². The Labute approximate surface area is 189 Å². The molecular formula is C22H22ClN3O4S. The zero-order valence-corrected chi connectivity index (χ0v) is 18.6. The average Bonchev–Trinajstić information content (AvgIpc) is 3.56. The summed E-state index contributed by atoms with van der Waals surface area (Å²) in [4.78, 5) is 11.6. The molecule has 1 aliphatic rings. The lowest BCUT2D eigenvalue weighted by Gasteiger charge is -2.11. The number of halogens is 1. The summed E-state index contributed by atoms with van der Waals surface area (Å²) in [6.07, 6.45) is 2.23. The third-order valence-corrected chi connectivity index (χ3v) is 5.90. The zero-order valence-electron chi connectivity index (χ0n) is 17.0. The van der Waals surface area contributed by atoms with Crippen molar-refractivity contribution in [3.63, 3.8) is 0 Å². The summed E-state index contributed by atoms with van der Waals surface area (Å²) >= 11 is 7.76. The number of carbonyl (C=O) groups is 1. The summed E-state index contributed by atoms with van der Waals surface area (Å²) in [6.45, 7) is 0.781. The van der Waals surface area contributed by atoms with Gasteiger partial charge >= 0.3 is 5.97 Å². The van der Waals surface area contributed by atoms with E-state index in [0.717, 1.165) is 23.8 Å². The van der Waals surface area contributed by atoms with Gasteiger partial charge in [-0.15, -0.1) is 10.2 Å². The second-order valence-electron chi connectivity index (χ2n) is 6.94. The highest BCUT2D eigenvalue weighted by Gasteiger charge is 2.29. The van der Waals surface area contributed by atoms with Crippen LogP contribution in [-0.2, 0) is 11.3 Å². The van der Waals surface area contributed by atoms with Gasteiger partial charge in [-0.05, 0) is 43.2 Å². The highest BCUT2D eigenvalue weighted by molar-refractivity contribution is 7.99. The number of nitrogens with zero attached hydrogens (tertiary/aromatic N) is 3. The van der Waals surface area contributed by atoms with Gasteiger partial charge < -0.3 is 18.8 Å². The summed E-state index contributed by atoms with van der Waals surface area (Å²) in [5.41, 5.74) is 0.462. The van der Waals surface area contributed by atoms with Crippen LogP contribution in [0.3, 0.4) is 0 Å². The normalized spacial score (nSPS) is 13.1. The molecule has 1 heterocycles. The van der Waals surface area contributed by atoms with E-state index in [4.69, 9.17) is 25.8 Å². The second kappa shape index (κ2) is 10.1. The SMILES string of the molecule is COC(=O)c1cccc(OCCSc2nnc(COc3ccccc3Cl)n2C2CC2)c1. The third-order valence-electron chi connectivity index (χ3n) is 4.68. The number of esters is 1. The van der Waals surface area contributed by atoms with Crippen LogP contribution in [0.4, 0.5) is 0 Å². The molecule has 0 atom stereocenters. The Morgan fingerprint density at radius 2 is 2.00 bits per heavy atom. The van der Waals surface area contributed by atoms with Crippen LogP contribution in [0, 0.1) is 0 Å². The predicted octanol–water partition coefficient (Wildman–Crippen LogP) is 4.80. The Hall–Kier alpha value is -2.71. The van der Waals surface area contributed by atoms with Gasteiger partial charge in [-0.3, -0.25) is 0 Å². The minimum absolute atomic E-state index is 0.310. The van der Waals surface area contributed by atoms with Gasteiger partial charge in [0.05, 0.1) is 24.3 Å². The molecule has 31 heavy (non-hydrogen) atoms. The highest BCUT2D eigenvalue weighted by atomic mass is 35.5. The standard InChI is InChI=1S/C22H22ClN3O4S/c1-28-21(27)15-5-4-6-17(13-15)29-11-12-31-22-25-24-20(26(22)16-9-10-16)14-30-19-8-3-2-7-18(19)23/h2-8,13,16H,9-12,14H2,1H3. The van der Waals surface area contributed by atoms with Crippen molar-refractivity contribution in [2.45, 2.75) is 30.6 Å². The summed E-state index contributed by atoms with van der Waals surface area (Å²) in [6, 6.07) is 14.7. The molecule has 0 bridgehead atoms. The molecule has 0 radical (unpaired) electrons. The van der Waals surface area contributed by atoms with E-state index in [-0.39, 0.29) is 5.97 Å². The Balaban J connectivity index is 1.33. The Morgan fingerprint density at radius 3 is 2.77 bits per heavy atom. The van der Waals surface area contributed by atoms with Crippen LogP contribution < -0.4 is 9.47 Å². The fourth-order valence-electron chi connectivity index (χ4n) is 3.03. The molecule has 0 aliphatic heterocycles. The lowest BCUT2D eigenvalue weighted by Crippen LogP contribution is -2.08. The lowest BCUT2D eigenvalue weighted by atomic mass is 10.2. The first kappa shape index (κ1) is 21.5. The molecular weight excluding hydrogens is 438 g/mol. The van der Waals surface area contributed by atoms with Crippen molar-refractivity contribution >= 4 is 29.3 Å². The zero-order chi connectivity index (χ0) is 21.6. The molecule has 0 unspecified atom stereocenters. The molecule has 1 aliphatic carbocycles. The smallest absolute Gasteiger partial charge is 0.337 e. The topological polar surface area (TPSA) is 75.5 Å². The number of rotatable bonds is 10. The van der Waals surface area contributed by atoms with Gasteiger partial charge in [0.25, 0.3) is 0 Å². The van der Waals surface area contributed by atoms with E-state index in [1.165, 1.54) is 7.11 Å². The molecule has 2 aromatic carbocycles. The van der Waals surface area contributed by atoms with Crippen LogP contribution in [0.25, 0.3) is 0 Å². The molecule has 0 N–H and O–H groups in total. The monoisotopic (exact) mass is 459 g/mol. The number of hydrogen-bond donors (Lipinski definition) is 0. The van der Waals surface area contributed by atoms with Gasteiger partial charge in [0, 0.05) is 11.8 Å². The molecule has 3 aromatic rings. The summed E-state index contributed by atoms with van der Waals surface area (Å²) in [5, 5.41) is 10.1. The van der Waals surface area contributed by atoms with Crippen molar-refractivity contribution in [3.8, 4) is 11.5 Å². The van der Waals surface area contributed by atoms with Crippen molar-refractivity contribution in [2.75, 3.05) is 19.5 Å². The molecule has 4 rings (SSSR count). The fraction of sp³-hybridized carbons (Fsp3) is 0.318. The number of benzene rings is 2. The van der Waals surface area contributed by atoms with E-state index in [2.05, 4.69) is 14.8 Å². The number of methoxy groups -OCH3 is 1. The minimum Gasteiger partial charge on any atom is -0.493 e. The molecule has 0 amide bonds. The van der Waals surface area contributed by atoms with Crippen molar-refractivity contribution in [1.29, 1.82) is 0 Å².